The number of aromatic nitrogens is 2. The highest BCUT2D eigenvalue weighted by Gasteiger charge is 2.36. The summed E-state index contributed by atoms with van der Waals surface area (Å²) in [6.07, 6.45) is 3.51. The summed E-state index contributed by atoms with van der Waals surface area (Å²) in [5, 5.41) is 12.6. The number of rotatable bonds is 7. The van der Waals surface area contributed by atoms with Crippen LogP contribution in [0, 0.1) is 23.2 Å². The van der Waals surface area contributed by atoms with E-state index in [0.29, 0.717) is 37.1 Å². The molecule has 0 aromatic carbocycles. The van der Waals surface area contributed by atoms with Crippen molar-refractivity contribution in [1.82, 2.24) is 10.1 Å². The lowest BCUT2D eigenvalue weighted by Crippen LogP contribution is -2.08. The first-order chi connectivity index (χ1) is 8.74. The van der Waals surface area contributed by atoms with Gasteiger partial charge in [-0.3, -0.25) is 0 Å². The van der Waals surface area contributed by atoms with Gasteiger partial charge in [-0.05, 0) is 31.6 Å². The lowest BCUT2D eigenvalue weighted by Gasteiger charge is -2.11. The van der Waals surface area contributed by atoms with E-state index in [4.69, 9.17) is 14.5 Å². The van der Waals surface area contributed by atoms with E-state index in [1.165, 1.54) is 12.8 Å². The fourth-order valence-electron chi connectivity index (χ4n) is 1.99. The molecule has 5 nitrogen and oxygen atoms in total. The maximum Gasteiger partial charge on any atom is 0.227 e. The molecule has 0 N–H and O–H groups in total. The molecule has 0 radical (unpaired) electrons. The zero-order valence-electron chi connectivity index (χ0n) is 10.9. The summed E-state index contributed by atoms with van der Waals surface area (Å²) in [6, 6.07) is 2.15. The van der Waals surface area contributed by atoms with Gasteiger partial charge >= 0.3 is 0 Å². The van der Waals surface area contributed by atoms with E-state index in [0.717, 1.165) is 0 Å². The summed E-state index contributed by atoms with van der Waals surface area (Å²) in [5.74, 6) is 2.07. The second kappa shape index (κ2) is 5.96. The van der Waals surface area contributed by atoms with Gasteiger partial charge in [-0.1, -0.05) is 12.1 Å². The van der Waals surface area contributed by atoms with Crippen LogP contribution in [0.3, 0.4) is 0 Å². The average molecular weight is 249 g/mol. The summed E-state index contributed by atoms with van der Waals surface area (Å²) in [6.45, 7) is 4.65. The Kier molecular flexibility index (Phi) is 4.32. The van der Waals surface area contributed by atoms with E-state index >= 15 is 0 Å². The molecule has 0 spiro atoms. The molecule has 1 aliphatic carbocycles. The van der Waals surface area contributed by atoms with Crippen LogP contribution in [0.15, 0.2) is 4.52 Å². The van der Waals surface area contributed by atoms with Crippen molar-refractivity contribution in [2.45, 2.75) is 45.6 Å². The molecule has 0 aliphatic heterocycles. The lowest BCUT2D eigenvalue weighted by atomic mass is 10.1. The number of nitrogens with zero attached hydrogens (tertiary/aromatic N) is 3. The average Bonchev–Trinajstić information content (AvgIpc) is 3.07. The minimum Gasteiger partial charge on any atom is -0.370 e. The van der Waals surface area contributed by atoms with Gasteiger partial charge in [0.15, 0.2) is 0 Å². The first kappa shape index (κ1) is 13.0. The number of hydrogen-bond acceptors (Lipinski definition) is 5. The lowest BCUT2D eigenvalue weighted by molar-refractivity contribution is 0.0384. The van der Waals surface area contributed by atoms with E-state index < -0.39 is 0 Å². The number of hydrogen-bond donors (Lipinski definition) is 0. The molecule has 1 aliphatic rings. The smallest absolute Gasteiger partial charge is 0.227 e. The van der Waals surface area contributed by atoms with Crippen molar-refractivity contribution >= 4 is 0 Å². The van der Waals surface area contributed by atoms with Crippen molar-refractivity contribution in [3.05, 3.63) is 11.7 Å². The molecule has 5 heteroatoms. The van der Waals surface area contributed by atoms with Gasteiger partial charge in [0.05, 0.1) is 6.07 Å². The molecular formula is C13H19N3O2. The van der Waals surface area contributed by atoms with Crippen molar-refractivity contribution in [2.75, 3.05) is 6.61 Å². The van der Waals surface area contributed by atoms with E-state index in [1.807, 2.05) is 13.8 Å². The third-order valence-corrected chi connectivity index (χ3v) is 3.10. The zero-order chi connectivity index (χ0) is 13.0. The first-order valence-corrected chi connectivity index (χ1v) is 6.55. The third-order valence-electron chi connectivity index (χ3n) is 3.10. The quantitative estimate of drug-likeness (QED) is 0.742. The normalized spacial score (nSPS) is 18.3. The van der Waals surface area contributed by atoms with Crippen molar-refractivity contribution in [2.24, 2.45) is 11.8 Å². The molecule has 1 fully saturated rings. The summed E-state index contributed by atoms with van der Waals surface area (Å²) in [7, 11) is 0. The molecule has 1 aromatic rings. The van der Waals surface area contributed by atoms with E-state index in [-0.39, 0.29) is 12.0 Å². The third kappa shape index (κ3) is 3.30. The van der Waals surface area contributed by atoms with Crippen LogP contribution in [0.2, 0.25) is 0 Å². The minimum absolute atomic E-state index is 0.0150. The molecule has 2 unspecified atom stereocenters. The first-order valence-electron chi connectivity index (χ1n) is 6.55. The SMILES string of the molecule is CCOC(c1noc(CC(C)CC#N)n1)C1CC1. The van der Waals surface area contributed by atoms with Gasteiger partial charge in [0.25, 0.3) is 0 Å². The zero-order valence-corrected chi connectivity index (χ0v) is 10.9. The van der Waals surface area contributed by atoms with Crippen LogP contribution >= 0.6 is 0 Å². The number of ether oxygens (including phenoxy) is 1. The molecule has 1 heterocycles. The van der Waals surface area contributed by atoms with Gasteiger partial charge in [-0.25, -0.2) is 0 Å². The highest BCUT2D eigenvalue weighted by atomic mass is 16.5. The summed E-state index contributed by atoms with van der Waals surface area (Å²) >= 11 is 0. The summed E-state index contributed by atoms with van der Waals surface area (Å²) < 4.78 is 10.9. The molecular weight excluding hydrogens is 230 g/mol. The van der Waals surface area contributed by atoms with Gasteiger partial charge in [-0.15, -0.1) is 0 Å². The Morgan fingerprint density at radius 1 is 1.56 bits per heavy atom. The van der Waals surface area contributed by atoms with E-state index in [9.17, 15) is 0 Å². The van der Waals surface area contributed by atoms with Crippen LogP contribution in [-0.2, 0) is 11.2 Å². The Labute approximate surface area is 107 Å². The molecule has 0 saturated heterocycles. The predicted octanol–water partition coefficient (Wildman–Crippen LogP) is 2.65. The van der Waals surface area contributed by atoms with Crippen molar-refractivity contribution in [1.29, 1.82) is 5.26 Å². The second-order valence-electron chi connectivity index (χ2n) is 4.93. The van der Waals surface area contributed by atoms with Crippen molar-refractivity contribution in [3.63, 3.8) is 0 Å². The fraction of sp³-hybridized carbons (Fsp3) is 0.769. The Hall–Kier alpha value is -1.41. The monoisotopic (exact) mass is 249 g/mol. The van der Waals surface area contributed by atoms with E-state index in [2.05, 4.69) is 16.2 Å². The van der Waals surface area contributed by atoms with E-state index in [1.54, 1.807) is 0 Å². The van der Waals surface area contributed by atoms with Crippen molar-refractivity contribution in [3.8, 4) is 6.07 Å². The summed E-state index contributed by atoms with van der Waals surface area (Å²) in [4.78, 5) is 4.40. The molecule has 2 atom stereocenters. The predicted molar refractivity (Wildman–Crippen MR) is 64.5 cm³/mol. The molecule has 0 bridgehead atoms. The topological polar surface area (TPSA) is 71.9 Å². The van der Waals surface area contributed by atoms with Gasteiger partial charge in [-0.2, -0.15) is 10.2 Å². The minimum atomic E-state index is -0.0150. The Bertz CT molecular complexity index is 420. The second-order valence-corrected chi connectivity index (χ2v) is 4.93. The molecule has 2 rings (SSSR count). The summed E-state index contributed by atoms with van der Waals surface area (Å²) in [5.41, 5.74) is 0. The molecule has 0 amide bonds. The number of nitriles is 1. The van der Waals surface area contributed by atoms with Gasteiger partial charge in [0, 0.05) is 19.4 Å². The fourth-order valence-corrected chi connectivity index (χ4v) is 1.99. The van der Waals surface area contributed by atoms with Crippen LogP contribution < -0.4 is 0 Å². The van der Waals surface area contributed by atoms with Gasteiger partial charge < -0.3 is 9.26 Å². The van der Waals surface area contributed by atoms with Gasteiger partial charge in [0.1, 0.15) is 6.10 Å². The van der Waals surface area contributed by atoms with Crippen LogP contribution in [0.5, 0.6) is 0 Å². The Balaban J connectivity index is 1.98. The Morgan fingerprint density at radius 3 is 2.94 bits per heavy atom. The maximum atomic E-state index is 8.62. The molecule has 1 saturated carbocycles. The Morgan fingerprint density at radius 2 is 2.33 bits per heavy atom. The largest absolute Gasteiger partial charge is 0.370 e. The van der Waals surface area contributed by atoms with Crippen LogP contribution in [0.1, 0.15) is 50.9 Å². The van der Waals surface area contributed by atoms with Crippen molar-refractivity contribution < 1.29 is 9.26 Å². The van der Waals surface area contributed by atoms with Crippen LogP contribution in [-0.4, -0.2) is 16.7 Å². The molecule has 1 aromatic heterocycles. The maximum absolute atomic E-state index is 8.62. The molecule has 98 valence electrons. The highest BCUT2D eigenvalue weighted by molar-refractivity contribution is 4.99. The highest BCUT2D eigenvalue weighted by Crippen LogP contribution is 2.42. The van der Waals surface area contributed by atoms with Gasteiger partial charge in [0.2, 0.25) is 11.7 Å². The molecule has 18 heavy (non-hydrogen) atoms. The standard InChI is InChI=1S/C13H19N3O2/c1-3-17-12(10-4-5-10)13-15-11(18-16-13)8-9(2)6-7-14/h9-10,12H,3-6,8H2,1-2H3. The van der Waals surface area contributed by atoms with Crippen LogP contribution in [0.4, 0.5) is 0 Å². The van der Waals surface area contributed by atoms with Crippen LogP contribution in [0.25, 0.3) is 0 Å².